The van der Waals surface area contributed by atoms with Crippen LogP contribution in [0.3, 0.4) is 0 Å². The van der Waals surface area contributed by atoms with Crippen LogP contribution in [-0.2, 0) is 9.53 Å². The third-order valence-corrected chi connectivity index (χ3v) is 3.27. The first-order valence-corrected chi connectivity index (χ1v) is 7.58. The number of nitrogens with zero attached hydrogens (tertiary/aromatic N) is 1. The molecule has 140 valence electrons. The Morgan fingerprint density at radius 1 is 1.15 bits per heavy atom. The number of benzene rings is 2. The summed E-state index contributed by atoms with van der Waals surface area (Å²) in [6.07, 6.45) is -4.84. The number of nitrogens with one attached hydrogen (secondary N) is 1. The van der Waals surface area contributed by atoms with E-state index in [1.807, 2.05) is 6.07 Å². The molecule has 0 fully saturated rings. The second-order valence-corrected chi connectivity index (χ2v) is 5.43. The Morgan fingerprint density at radius 3 is 2.41 bits per heavy atom. The zero-order valence-corrected chi connectivity index (χ0v) is 14.1. The maximum absolute atomic E-state index is 12.1. The quantitative estimate of drug-likeness (QED) is 0.771. The van der Waals surface area contributed by atoms with Gasteiger partial charge in [-0.3, -0.25) is 4.79 Å². The lowest BCUT2D eigenvalue weighted by atomic mass is 10.2. The number of esters is 1. The number of rotatable bonds is 5. The summed E-state index contributed by atoms with van der Waals surface area (Å²) >= 11 is 5.79. The smallest absolute Gasteiger partial charge is 0.452 e. The largest absolute Gasteiger partial charge is 0.573 e. The summed E-state index contributed by atoms with van der Waals surface area (Å²) in [7, 11) is 0. The summed E-state index contributed by atoms with van der Waals surface area (Å²) in [6, 6.07) is 10.1. The molecule has 2 aromatic rings. The van der Waals surface area contributed by atoms with Gasteiger partial charge >= 0.3 is 12.3 Å². The fourth-order valence-corrected chi connectivity index (χ4v) is 2.08. The molecule has 1 amide bonds. The molecule has 0 aliphatic heterocycles. The number of carbonyl (C=O) groups excluding carboxylic acids is 2. The van der Waals surface area contributed by atoms with Crippen molar-refractivity contribution in [2.24, 2.45) is 0 Å². The van der Waals surface area contributed by atoms with E-state index in [1.54, 1.807) is 0 Å². The van der Waals surface area contributed by atoms with Crippen molar-refractivity contribution < 1.29 is 32.2 Å². The minimum Gasteiger partial charge on any atom is -0.452 e. The standard InChI is InChI=1S/C17H10ClF3N2O4/c18-12-4-1-11(8-22)14(7-12)23-15(24)9-26-16(25)10-2-5-13(6-3-10)27-17(19,20)21/h1-7H,9H2,(H,23,24). The topological polar surface area (TPSA) is 88.4 Å². The van der Waals surface area contributed by atoms with Crippen LogP contribution < -0.4 is 10.1 Å². The number of amides is 1. The van der Waals surface area contributed by atoms with E-state index in [1.165, 1.54) is 18.2 Å². The maximum Gasteiger partial charge on any atom is 0.573 e. The summed E-state index contributed by atoms with van der Waals surface area (Å²) < 4.78 is 44.7. The van der Waals surface area contributed by atoms with Crippen molar-refractivity contribution >= 4 is 29.2 Å². The molecule has 10 heteroatoms. The van der Waals surface area contributed by atoms with E-state index in [-0.39, 0.29) is 16.8 Å². The molecule has 0 radical (unpaired) electrons. The van der Waals surface area contributed by atoms with Crippen LogP contribution in [0, 0.1) is 11.3 Å². The SMILES string of the molecule is N#Cc1ccc(Cl)cc1NC(=O)COC(=O)c1ccc(OC(F)(F)F)cc1. The first-order chi connectivity index (χ1) is 12.7. The zero-order valence-electron chi connectivity index (χ0n) is 13.3. The van der Waals surface area contributed by atoms with Gasteiger partial charge in [0.15, 0.2) is 6.61 Å². The number of alkyl halides is 3. The maximum atomic E-state index is 12.1. The third kappa shape index (κ3) is 6.20. The minimum absolute atomic E-state index is 0.0715. The van der Waals surface area contributed by atoms with Crippen LogP contribution in [0.15, 0.2) is 42.5 Å². The Labute approximate surface area is 156 Å². The van der Waals surface area contributed by atoms with Crippen molar-refractivity contribution in [3.63, 3.8) is 0 Å². The molecule has 0 saturated carbocycles. The van der Waals surface area contributed by atoms with Gasteiger partial charge in [0.1, 0.15) is 11.8 Å². The second-order valence-electron chi connectivity index (χ2n) is 5.00. The number of nitriles is 1. The van der Waals surface area contributed by atoms with E-state index < -0.39 is 30.6 Å². The molecule has 2 rings (SSSR count). The molecule has 0 bridgehead atoms. The molecular formula is C17H10ClF3N2O4. The Bertz CT molecular complexity index is 893. The highest BCUT2D eigenvalue weighted by atomic mass is 35.5. The molecule has 0 aromatic heterocycles. The number of hydrogen-bond donors (Lipinski definition) is 1. The average Bonchev–Trinajstić information content (AvgIpc) is 2.59. The molecular weight excluding hydrogens is 389 g/mol. The lowest BCUT2D eigenvalue weighted by molar-refractivity contribution is -0.274. The number of carbonyl (C=O) groups is 2. The van der Waals surface area contributed by atoms with E-state index in [2.05, 4.69) is 10.1 Å². The van der Waals surface area contributed by atoms with E-state index in [0.29, 0.717) is 5.02 Å². The van der Waals surface area contributed by atoms with Crippen molar-refractivity contribution in [1.82, 2.24) is 0 Å². The van der Waals surface area contributed by atoms with Gasteiger partial charge in [0, 0.05) is 5.02 Å². The lowest BCUT2D eigenvalue weighted by Crippen LogP contribution is -2.21. The number of halogens is 4. The van der Waals surface area contributed by atoms with E-state index in [4.69, 9.17) is 21.6 Å². The van der Waals surface area contributed by atoms with Crippen LogP contribution in [0.1, 0.15) is 15.9 Å². The predicted octanol–water partition coefficient (Wildman–Crippen LogP) is 3.91. The molecule has 27 heavy (non-hydrogen) atoms. The molecule has 2 aromatic carbocycles. The van der Waals surface area contributed by atoms with Gasteiger partial charge in [-0.25, -0.2) is 4.79 Å². The highest BCUT2D eigenvalue weighted by Crippen LogP contribution is 2.23. The van der Waals surface area contributed by atoms with Crippen molar-refractivity contribution in [3.8, 4) is 11.8 Å². The molecule has 0 spiro atoms. The van der Waals surface area contributed by atoms with Gasteiger partial charge in [-0.05, 0) is 42.5 Å². The molecule has 0 aliphatic rings. The minimum atomic E-state index is -4.84. The van der Waals surface area contributed by atoms with E-state index >= 15 is 0 Å². The van der Waals surface area contributed by atoms with Gasteiger partial charge in [0.05, 0.1) is 16.8 Å². The van der Waals surface area contributed by atoms with E-state index in [0.717, 1.165) is 24.3 Å². The fourth-order valence-electron chi connectivity index (χ4n) is 1.91. The van der Waals surface area contributed by atoms with Crippen LogP contribution >= 0.6 is 11.6 Å². The molecule has 0 heterocycles. The number of anilines is 1. The van der Waals surface area contributed by atoms with Gasteiger partial charge in [0.2, 0.25) is 0 Å². The summed E-state index contributed by atoms with van der Waals surface area (Å²) in [4.78, 5) is 23.7. The molecule has 0 aliphatic carbocycles. The van der Waals surface area contributed by atoms with Crippen LogP contribution in [0.5, 0.6) is 5.75 Å². The predicted molar refractivity (Wildman–Crippen MR) is 88.2 cm³/mol. The van der Waals surface area contributed by atoms with Crippen molar-refractivity contribution in [1.29, 1.82) is 5.26 Å². The second kappa shape index (κ2) is 8.42. The molecule has 0 unspecified atom stereocenters. The Hall–Kier alpha value is -3.25. The number of hydrogen-bond acceptors (Lipinski definition) is 5. The fraction of sp³-hybridized carbons (Fsp3) is 0.118. The zero-order chi connectivity index (χ0) is 20.0. The normalized spacial score (nSPS) is 10.6. The monoisotopic (exact) mass is 398 g/mol. The molecule has 6 nitrogen and oxygen atoms in total. The Kier molecular flexibility index (Phi) is 6.26. The van der Waals surface area contributed by atoms with Gasteiger partial charge in [-0.2, -0.15) is 5.26 Å². The highest BCUT2D eigenvalue weighted by molar-refractivity contribution is 6.31. The van der Waals surface area contributed by atoms with Gasteiger partial charge in [0.25, 0.3) is 5.91 Å². The van der Waals surface area contributed by atoms with Gasteiger partial charge < -0.3 is 14.8 Å². The highest BCUT2D eigenvalue weighted by Gasteiger charge is 2.31. The Morgan fingerprint density at radius 2 is 1.81 bits per heavy atom. The Balaban J connectivity index is 1.93. The van der Waals surface area contributed by atoms with Crippen molar-refractivity contribution in [3.05, 3.63) is 58.6 Å². The van der Waals surface area contributed by atoms with Crippen LogP contribution in [-0.4, -0.2) is 24.8 Å². The lowest BCUT2D eigenvalue weighted by Gasteiger charge is -2.10. The summed E-state index contributed by atoms with van der Waals surface area (Å²) in [5.74, 6) is -2.14. The van der Waals surface area contributed by atoms with Gasteiger partial charge in [-0.15, -0.1) is 13.2 Å². The van der Waals surface area contributed by atoms with E-state index in [9.17, 15) is 22.8 Å². The van der Waals surface area contributed by atoms with Crippen LogP contribution in [0.4, 0.5) is 18.9 Å². The number of ether oxygens (including phenoxy) is 2. The first kappa shape index (κ1) is 20.1. The van der Waals surface area contributed by atoms with Crippen LogP contribution in [0.25, 0.3) is 0 Å². The summed E-state index contributed by atoms with van der Waals surface area (Å²) in [5.41, 5.74) is 0.247. The first-order valence-electron chi connectivity index (χ1n) is 7.20. The third-order valence-electron chi connectivity index (χ3n) is 3.03. The van der Waals surface area contributed by atoms with Crippen molar-refractivity contribution in [2.75, 3.05) is 11.9 Å². The van der Waals surface area contributed by atoms with Crippen LogP contribution in [0.2, 0.25) is 5.02 Å². The molecule has 0 saturated heterocycles. The summed E-state index contributed by atoms with van der Waals surface area (Å²) in [6.45, 7) is -0.670. The summed E-state index contributed by atoms with van der Waals surface area (Å²) in [5, 5.41) is 11.6. The van der Waals surface area contributed by atoms with Crippen molar-refractivity contribution in [2.45, 2.75) is 6.36 Å². The average molecular weight is 399 g/mol. The molecule has 1 N–H and O–H groups in total. The van der Waals surface area contributed by atoms with Gasteiger partial charge in [-0.1, -0.05) is 11.6 Å². The molecule has 0 atom stereocenters.